The zero-order chi connectivity index (χ0) is 14.8. The zero-order valence-corrected chi connectivity index (χ0v) is 12.4. The van der Waals surface area contributed by atoms with Crippen LogP contribution in [0.4, 0.5) is 5.82 Å². The number of rotatable bonds is 5. The molecule has 1 aromatic heterocycles. The summed E-state index contributed by atoms with van der Waals surface area (Å²) in [6, 6.07) is 3.41. The van der Waals surface area contributed by atoms with Crippen LogP contribution in [0.15, 0.2) is 12.1 Å². The highest BCUT2D eigenvalue weighted by Crippen LogP contribution is 2.34. The fourth-order valence-corrected chi connectivity index (χ4v) is 2.37. The number of nitrogens with zero attached hydrogens (tertiary/aromatic N) is 1. The van der Waals surface area contributed by atoms with Crippen LogP contribution < -0.4 is 11.1 Å². The molecule has 0 unspecified atom stereocenters. The van der Waals surface area contributed by atoms with Crippen molar-refractivity contribution in [1.29, 1.82) is 0 Å². The highest BCUT2D eigenvalue weighted by Gasteiger charge is 2.37. The second-order valence-electron chi connectivity index (χ2n) is 5.78. The Morgan fingerprint density at radius 1 is 1.50 bits per heavy atom. The van der Waals surface area contributed by atoms with Gasteiger partial charge in [-0.1, -0.05) is 13.8 Å². The van der Waals surface area contributed by atoms with Crippen molar-refractivity contribution >= 4 is 11.7 Å². The molecule has 1 saturated carbocycles. The standard InChI is InChI=1S/C15H23N3O2/c1-10(2)12-7-11(8-13(16)18-12)14(19)17-9-15(20-3)5-4-6-15/h7-8,10H,4-6,9H2,1-3H3,(H2,16,18)(H,17,19). The van der Waals surface area contributed by atoms with Gasteiger partial charge in [0.25, 0.3) is 5.91 Å². The fraction of sp³-hybridized carbons (Fsp3) is 0.600. The van der Waals surface area contributed by atoms with E-state index < -0.39 is 0 Å². The maximum Gasteiger partial charge on any atom is 0.251 e. The third-order valence-corrected chi connectivity index (χ3v) is 3.99. The SMILES string of the molecule is COC1(CNC(=O)c2cc(N)nc(C(C)C)c2)CCC1. The highest BCUT2D eigenvalue weighted by molar-refractivity contribution is 5.95. The van der Waals surface area contributed by atoms with Gasteiger partial charge in [-0.2, -0.15) is 0 Å². The first-order chi connectivity index (χ1) is 9.46. The molecule has 0 radical (unpaired) electrons. The van der Waals surface area contributed by atoms with Gasteiger partial charge in [0, 0.05) is 24.9 Å². The Kier molecular flexibility index (Phi) is 4.28. The number of carbonyl (C=O) groups is 1. The van der Waals surface area contributed by atoms with Crippen molar-refractivity contribution in [2.24, 2.45) is 0 Å². The number of methoxy groups -OCH3 is 1. The summed E-state index contributed by atoms with van der Waals surface area (Å²) in [5.41, 5.74) is 6.99. The molecule has 1 amide bonds. The number of nitrogens with one attached hydrogen (secondary N) is 1. The van der Waals surface area contributed by atoms with Crippen molar-refractivity contribution in [2.45, 2.75) is 44.6 Å². The first-order valence-corrected chi connectivity index (χ1v) is 7.06. The lowest BCUT2D eigenvalue weighted by Crippen LogP contribution is -2.49. The van der Waals surface area contributed by atoms with Crippen LogP contribution in [-0.4, -0.2) is 30.1 Å². The van der Waals surface area contributed by atoms with Crippen molar-refractivity contribution in [3.8, 4) is 0 Å². The molecule has 1 aliphatic carbocycles. The first kappa shape index (κ1) is 14.8. The van der Waals surface area contributed by atoms with E-state index in [1.165, 1.54) is 0 Å². The zero-order valence-electron chi connectivity index (χ0n) is 12.4. The minimum Gasteiger partial charge on any atom is -0.384 e. The van der Waals surface area contributed by atoms with E-state index >= 15 is 0 Å². The summed E-state index contributed by atoms with van der Waals surface area (Å²) in [7, 11) is 1.70. The van der Waals surface area contributed by atoms with Gasteiger partial charge in [0.2, 0.25) is 0 Å². The summed E-state index contributed by atoms with van der Waals surface area (Å²) in [5.74, 6) is 0.498. The lowest BCUT2D eigenvalue weighted by molar-refractivity contribution is -0.0679. The highest BCUT2D eigenvalue weighted by atomic mass is 16.5. The van der Waals surface area contributed by atoms with Gasteiger partial charge in [-0.15, -0.1) is 0 Å². The van der Waals surface area contributed by atoms with Crippen LogP contribution in [0.5, 0.6) is 0 Å². The number of aromatic nitrogens is 1. The lowest BCUT2D eigenvalue weighted by atomic mass is 9.80. The van der Waals surface area contributed by atoms with E-state index in [4.69, 9.17) is 10.5 Å². The number of pyridine rings is 1. The Bertz CT molecular complexity index is 490. The number of anilines is 1. The molecule has 2 rings (SSSR count). The Morgan fingerprint density at radius 3 is 2.70 bits per heavy atom. The monoisotopic (exact) mass is 277 g/mol. The largest absolute Gasteiger partial charge is 0.384 e. The molecule has 1 aliphatic rings. The fourth-order valence-electron chi connectivity index (χ4n) is 2.37. The average molecular weight is 277 g/mol. The minimum atomic E-state index is -0.172. The molecule has 0 spiro atoms. The van der Waals surface area contributed by atoms with Crippen molar-refractivity contribution in [1.82, 2.24) is 10.3 Å². The Balaban J connectivity index is 2.05. The van der Waals surface area contributed by atoms with Crippen molar-refractivity contribution < 1.29 is 9.53 Å². The minimum absolute atomic E-state index is 0.121. The van der Waals surface area contributed by atoms with Crippen LogP contribution in [0.1, 0.15) is 55.1 Å². The summed E-state index contributed by atoms with van der Waals surface area (Å²) in [5, 5.41) is 2.94. The van der Waals surface area contributed by atoms with Crippen LogP contribution in [0.2, 0.25) is 0 Å². The molecule has 1 fully saturated rings. The molecular formula is C15H23N3O2. The number of ether oxygens (including phenoxy) is 1. The van der Waals surface area contributed by atoms with Gasteiger partial charge in [-0.3, -0.25) is 4.79 Å². The van der Waals surface area contributed by atoms with Crippen molar-refractivity contribution in [3.63, 3.8) is 0 Å². The summed E-state index contributed by atoms with van der Waals surface area (Å²) in [4.78, 5) is 16.5. The molecule has 0 saturated heterocycles. The second kappa shape index (κ2) is 5.79. The van der Waals surface area contributed by atoms with E-state index in [9.17, 15) is 4.79 Å². The van der Waals surface area contributed by atoms with Crippen LogP contribution in [0.3, 0.4) is 0 Å². The molecule has 3 N–H and O–H groups in total. The molecule has 0 atom stereocenters. The van der Waals surface area contributed by atoms with Gasteiger partial charge in [0.15, 0.2) is 0 Å². The van der Waals surface area contributed by atoms with Gasteiger partial charge in [0.1, 0.15) is 5.82 Å². The van der Waals surface area contributed by atoms with Crippen LogP contribution in [0.25, 0.3) is 0 Å². The van der Waals surface area contributed by atoms with Gasteiger partial charge >= 0.3 is 0 Å². The number of hydrogen-bond donors (Lipinski definition) is 2. The molecule has 1 heterocycles. The summed E-state index contributed by atoms with van der Waals surface area (Å²) in [6.07, 6.45) is 3.16. The van der Waals surface area contributed by atoms with Gasteiger partial charge in [0.05, 0.1) is 5.60 Å². The van der Waals surface area contributed by atoms with Crippen molar-refractivity contribution in [3.05, 3.63) is 23.4 Å². The van der Waals surface area contributed by atoms with E-state index in [-0.39, 0.29) is 17.4 Å². The first-order valence-electron chi connectivity index (χ1n) is 7.06. The Morgan fingerprint density at radius 2 is 2.20 bits per heavy atom. The lowest BCUT2D eigenvalue weighted by Gasteiger charge is -2.40. The van der Waals surface area contributed by atoms with E-state index in [1.807, 2.05) is 13.8 Å². The van der Waals surface area contributed by atoms with E-state index in [1.54, 1.807) is 19.2 Å². The molecule has 5 heteroatoms. The van der Waals surface area contributed by atoms with Crippen LogP contribution in [0, 0.1) is 0 Å². The van der Waals surface area contributed by atoms with E-state index in [0.29, 0.717) is 17.9 Å². The van der Waals surface area contributed by atoms with E-state index in [0.717, 1.165) is 25.0 Å². The number of nitrogen functional groups attached to an aromatic ring is 1. The molecule has 0 bridgehead atoms. The number of nitrogens with two attached hydrogens (primary N) is 1. The quantitative estimate of drug-likeness (QED) is 0.864. The smallest absolute Gasteiger partial charge is 0.251 e. The van der Waals surface area contributed by atoms with Gasteiger partial charge < -0.3 is 15.8 Å². The number of amides is 1. The number of hydrogen-bond acceptors (Lipinski definition) is 4. The maximum atomic E-state index is 12.2. The van der Waals surface area contributed by atoms with Crippen LogP contribution in [-0.2, 0) is 4.74 Å². The molecule has 1 aromatic rings. The Hall–Kier alpha value is -1.62. The molecule has 110 valence electrons. The third-order valence-electron chi connectivity index (χ3n) is 3.99. The average Bonchev–Trinajstić information content (AvgIpc) is 2.37. The molecular weight excluding hydrogens is 254 g/mol. The van der Waals surface area contributed by atoms with Gasteiger partial charge in [-0.05, 0) is 37.3 Å². The third kappa shape index (κ3) is 3.10. The van der Waals surface area contributed by atoms with Crippen LogP contribution >= 0.6 is 0 Å². The predicted octanol–water partition coefficient (Wildman–Crippen LogP) is 2.09. The Labute approximate surface area is 119 Å². The number of carbonyl (C=O) groups excluding carboxylic acids is 1. The normalized spacial score (nSPS) is 16.8. The molecule has 20 heavy (non-hydrogen) atoms. The van der Waals surface area contributed by atoms with Gasteiger partial charge in [-0.25, -0.2) is 4.98 Å². The molecule has 0 aliphatic heterocycles. The topological polar surface area (TPSA) is 77.2 Å². The summed E-state index contributed by atoms with van der Waals surface area (Å²) in [6.45, 7) is 4.59. The summed E-state index contributed by atoms with van der Waals surface area (Å²) >= 11 is 0. The molecule has 5 nitrogen and oxygen atoms in total. The second-order valence-corrected chi connectivity index (χ2v) is 5.78. The summed E-state index contributed by atoms with van der Waals surface area (Å²) < 4.78 is 5.49. The predicted molar refractivity (Wildman–Crippen MR) is 78.7 cm³/mol. The van der Waals surface area contributed by atoms with E-state index in [2.05, 4.69) is 10.3 Å². The van der Waals surface area contributed by atoms with Crippen molar-refractivity contribution in [2.75, 3.05) is 19.4 Å². The molecule has 0 aromatic carbocycles. The maximum absolute atomic E-state index is 12.2.